The molecule has 1 aliphatic heterocycles. The fraction of sp³-hybridized carbons (Fsp3) is 0.318. The van der Waals surface area contributed by atoms with Gasteiger partial charge in [0.2, 0.25) is 0 Å². The summed E-state index contributed by atoms with van der Waals surface area (Å²) in [5.74, 6) is 1.63. The van der Waals surface area contributed by atoms with Crippen molar-refractivity contribution in [1.29, 1.82) is 0 Å². The third-order valence-corrected chi connectivity index (χ3v) is 6.53. The zero-order valence-electron chi connectivity index (χ0n) is 17.0. The van der Waals surface area contributed by atoms with Crippen molar-refractivity contribution in [3.05, 3.63) is 52.8 Å². The van der Waals surface area contributed by atoms with Crippen LogP contribution in [0.25, 0.3) is 10.2 Å². The number of rotatable bonds is 7. The molecule has 4 rings (SSSR count). The summed E-state index contributed by atoms with van der Waals surface area (Å²) in [7, 11) is 0. The summed E-state index contributed by atoms with van der Waals surface area (Å²) in [6, 6.07) is 13.7. The van der Waals surface area contributed by atoms with Crippen LogP contribution in [0.2, 0.25) is 0 Å². The Hall–Kier alpha value is -2.78. The maximum atomic E-state index is 12.5. The number of nitrogens with zero attached hydrogens (tertiary/aromatic N) is 2. The van der Waals surface area contributed by atoms with Gasteiger partial charge in [-0.25, -0.2) is 0 Å². The highest BCUT2D eigenvalue weighted by Gasteiger charge is 2.18. The molecule has 3 aromatic rings. The zero-order valence-corrected chi connectivity index (χ0v) is 18.7. The Morgan fingerprint density at radius 3 is 2.65 bits per heavy atom. The molecule has 0 N–H and O–H groups in total. The van der Waals surface area contributed by atoms with Gasteiger partial charge >= 0.3 is 5.97 Å². The van der Waals surface area contributed by atoms with Crippen molar-refractivity contribution in [3.63, 3.8) is 0 Å². The van der Waals surface area contributed by atoms with Crippen molar-refractivity contribution in [2.75, 3.05) is 25.6 Å². The molecule has 0 bridgehead atoms. The Kier molecular flexibility index (Phi) is 6.93. The number of carbonyl (C=O) groups excluding carboxylic acids is 2. The molecule has 2 aromatic carbocycles. The molecule has 0 saturated heterocycles. The first-order valence-corrected chi connectivity index (χ1v) is 11.9. The Balaban J connectivity index is 1.61. The van der Waals surface area contributed by atoms with E-state index in [4.69, 9.17) is 14.2 Å². The molecule has 1 amide bonds. The molecule has 162 valence electrons. The Labute approximate surface area is 187 Å². The Morgan fingerprint density at radius 1 is 1.16 bits per heavy atom. The Bertz CT molecular complexity index is 1150. The molecular formula is C22H22N2O5S2. The molecule has 0 radical (unpaired) electrons. The van der Waals surface area contributed by atoms with Crippen molar-refractivity contribution < 1.29 is 23.8 Å². The number of carbonyl (C=O) groups is 2. The maximum absolute atomic E-state index is 12.5. The largest absolute Gasteiger partial charge is 0.486 e. The zero-order chi connectivity index (χ0) is 21.6. The van der Waals surface area contributed by atoms with E-state index in [0.29, 0.717) is 29.5 Å². The fourth-order valence-electron chi connectivity index (χ4n) is 3.15. The van der Waals surface area contributed by atoms with Gasteiger partial charge in [0.1, 0.15) is 19.8 Å². The number of thiazole rings is 1. The number of aromatic nitrogens is 1. The molecule has 0 saturated carbocycles. The maximum Gasteiger partial charge on any atom is 0.326 e. The van der Waals surface area contributed by atoms with Gasteiger partial charge in [-0.1, -0.05) is 41.7 Å². The van der Waals surface area contributed by atoms with E-state index in [-0.39, 0.29) is 30.8 Å². The van der Waals surface area contributed by atoms with Gasteiger partial charge < -0.3 is 18.8 Å². The average molecular weight is 459 g/mol. The minimum Gasteiger partial charge on any atom is -0.486 e. The first-order chi connectivity index (χ1) is 15.1. The summed E-state index contributed by atoms with van der Waals surface area (Å²) < 4.78 is 19.0. The third kappa shape index (κ3) is 5.29. The highest BCUT2D eigenvalue weighted by molar-refractivity contribution is 7.99. The van der Waals surface area contributed by atoms with Crippen molar-refractivity contribution in [1.82, 2.24) is 4.57 Å². The average Bonchev–Trinajstić information content (AvgIpc) is 3.08. The lowest BCUT2D eigenvalue weighted by molar-refractivity contribution is -0.143. The van der Waals surface area contributed by atoms with E-state index in [1.807, 2.05) is 42.5 Å². The predicted molar refractivity (Wildman–Crippen MR) is 121 cm³/mol. The lowest BCUT2D eigenvalue weighted by Gasteiger charge is -2.18. The quantitative estimate of drug-likeness (QED) is 0.505. The lowest BCUT2D eigenvalue weighted by atomic mass is 10.2. The van der Waals surface area contributed by atoms with Gasteiger partial charge in [-0.2, -0.15) is 4.99 Å². The van der Waals surface area contributed by atoms with E-state index in [2.05, 4.69) is 4.99 Å². The van der Waals surface area contributed by atoms with Crippen LogP contribution in [0.15, 0.2) is 47.5 Å². The van der Waals surface area contributed by atoms with Gasteiger partial charge in [0.05, 0.1) is 22.6 Å². The molecular weight excluding hydrogens is 436 g/mol. The molecule has 9 heteroatoms. The van der Waals surface area contributed by atoms with Crippen LogP contribution in [-0.2, 0) is 26.6 Å². The molecule has 0 aliphatic carbocycles. The topological polar surface area (TPSA) is 79.1 Å². The normalized spacial score (nSPS) is 13.4. The van der Waals surface area contributed by atoms with Crippen LogP contribution in [-0.4, -0.2) is 42.0 Å². The van der Waals surface area contributed by atoms with Gasteiger partial charge in [-0.15, -0.1) is 11.8 Å². The van der Waals surface area contributed by atoms with E-state index >= 15 is 0 Å². The number of fused-ring (bicyclic) bond motifs is 2. The van der Waals surface area contributed by atoms with Crippen LogP contribution >= 0.6 is 23.1 Å². The van der Waals surface area contributed by atoms with Gasteiger partial charge in [0.15, 0.2) is 16.3 Å². The smallest absolute Gasteiger partial charge is 0.326 e. The highest BCUT2D eigenvalue weighted by Crippen LogP contribution is 2.35. The number of hydrogen-bond donors (Lipinski definition) is 0. The summed E-state index contributed by atoms with van der Waals surface area (Å²) in [6.45, 7) is 2.97. The number of thioether (sulfide) groups is 1. The van der Waals surface area contributed by atoms with Gasteiger partial charge in [-0.05, 0) is 12.5 Å². The van der Waals surface area contributed by atoms with Crippen LogP contribution in [0, 0.1) is 0 Å². The van der Waals surface area contributed by atoms with Gasteiger partial charge in [0, 0.05) is 17.9 Å². The third-order valence-electron chi connectivity index (χ3n) is 4.50. The second kappa shape index (κ2) is 10.0. The molecule has 0 atom stereocenters. The van der Waals surface area contributed by atoms with E-state index in [9.17, 15) is 9.59 Å². The minimum atomic E-state index is -0.385. The molecule has 31 heavy (non-hydrogen) atoms. The highest BCUT2D eigenvalue weighted by atomic mass is 32.2. The molecule has 0 spiro atoms. The predicted octanol–water partition coefficient (Wildman–Crippen LogP) is 3.40. The summed E-state index contributed by atoms with van der Waals surface area (Å²) in [4.78, 5) is 29.5. The molecule has 7 nitrogen and oxygen atoms in total. The van der Waals surface area contributed by atoms with Crippen molar-refractivity contribution in [3.8, 4) is 11.5 Å². The van der Waals surface area contributed by atoms with Crippen LogP contribution in [0.3, 0.4) is 0 Å². The van der Waals surface area contributed by atoms with Crippen LogP contribution in [0.5, 0.6) is 11.5 Å². The second-order valence-electron chi connectivity index (χ2n) is 6.72. The molecule has 2 heterocycles. The SMILES string of the molecule is CCOC(=O)Cn1c(=NC(=O)CSCc2ccccc2)sc2cc3c(cc21)OCCO3. The summed E-state index contributed by atoms with van der Waals surface area (Å²) in [5, 5.41) is 0. The van der Waals surface area contributed by atoms with Gasteiger partial charge in [-0.3, -0.25) is 9.59 Å². The van der Waals surface area contributed by atoms with E-state index in [0.717, 1.165) is 21.5 Å². The Morgan fingerprint density at radius 2 is 1.90 bits per heavy atom. The fourth-order valence-corrected chi connectivity index (χ4v) is 4.98. The number of ether oxygens (including phenoxy) is 3. The van der Waals surface area contributed by atoms with Crippen molar-refractivity contribution >= 4 is 45.2 Å². The van der Waals surface area contributed by atoms with Crippen LogP contribution in [0.1, 0.15) is 12.5 Å². The number of benzene rings is 2. The van der Waals surface area contributed by atoms with E-state index < -0.39 is 0 Å². The lowest BCUT2D eigenvalue weighted by Crippen LogP contribution is -2.23. The molecule has 0 unspecified atom stereocenters. The molecule has 1 aromatic heterocycles. The number of esters is 1. The first kappa shape index (κ1) is 21.5. The second-order valence-corrected chi connectivity index (χ2v) is 8.72. The van der Waals surface area contributed by atoms with Gasteiger partial charge in [0.25, 0.3) is 5.91 Å². The minimum absolute atomic E-state index is 0.0310. The number of hydrogen-bond acceptors (Lipinski definition) is 7. The van der Waals surface area contributed by atoms with Crippen molar-refractivity contribution in [2.24, 2.45) is 4.99 Å². The summed E-state index contributed by atoms with van der Waals surface area (Å²) >= 11 is 2.85. The molecule has 1 aliphatic rings. The van der Waals surface area contributed by atoms with E-state index in [1.165, 1.54) is 23.1 Å². The number of amides is 1. The summed E-state index contributed by atoms with van der Waals surface area (Å²) in [6.07, 6.45) is 0. The van der Waals surface area contributed by atoms with E-state index in [1.54, 1.807) is 11.5 Å². The standard InChI is InChI=1S/C22H22N2O5S2/c1-2-27-21(26)12-24-16-10-17-18(29-9-8-28-17)11-19(16)31-22(24)23-20(25)14-30-13-15-6-4-3-5-7-15/h3-7,10-11H,2,8-9,12-14H2,1H3. The molecule has 0 fully saturated rings. The summed E-state index contributed by atoms with van der Waals surface area (Å²) in [5.41, 5.74) is 1.91. The van der Waals surface area contributed by atoms with Crippen LogP contribution < -0.4 is 14.3 Å². The van der Waals surface area contributed by atoms with Crippen molar-refractivity contribution in [2.45, 2.75) is 19.2 Å². The monoisotopic (exact) mass is 458 g/mol. The first-order valence-electron chi connectivity index (χ1n) is 9.92. The van der Waals surface area contributed by atoms with Crippen LogP contribution in [0.4, 0.5) is 0 Å².